The van der Waals surface area contributed by atoms with Crippen LogP contribution in [0.3, 0.4) is 0 Å². The Morgan fingerprint density at radius 3 is 1.95 bits per heavy atom. The molecule has 0 aromatic rings. The number of carbonyl (C=O) groups excluding carboxylic acids is 4. The molecular weight excluding hydrogens is 276 g/mol. The number of aliphatic carboxylic acids is 2. The van der Waals surface area contributed by atoms with Crippen LogP contribution >= 0.6 is 0 Å². The minimum atomic E-state index is -1.52. The van der Waals surface area contributed by atoms with Crippen LogP contribution in [-0.4, -0.2) is 35.2 Å². The molecule has 1 fully saturated rings. The zero-order valence-corrected chi connectivity index (χ0v) is 15.0. The van der Waals surface area contributed by atoms with Crippen LogP contribution in [-0.2, 0) is 19.2 Å². The molecule has 1 heterocycles. The van der Waals surface area contributed by atoms with E-state index in [0.29, 0.717) is 0 Å². The van der Waals surface area contributed by atoms with Gasteiger partial charge in [0.05, 0.1) is 0 Å². The van der Waals surface area contributed by atoms with Crippen LogP contribution in [0.4, 0.5) is 0 Å². The number of imide groups is 1. The van der Waals surface area contributed by atoms with Crippen LogP contribution in [0.25, 0.3) is 0 Å². The molecule has 0 radical (unpaired) electrons. The number of likely N-dealkylation sites (tertiary alicyclic amines) is 1. The van der Waals surface area contributed by atoms with E-state index in [1.807, 2.05) is 0 Å². The van der Waals surface area contributed by atoms with Crippen LogP contribution in [0.2, 0.25) is 0 Å². The van der Waals surface area contributed by atoms with E-state index < -0.39 is 24.3 Å². The molecule has 1 rings (SSSR count). The van der Waals surface area contributed by atoms with Gasteiger partial charge in [-0.3, -0.25) is 14.5 Å². The second-order valence-electron chi connectivity index (χ2n) is 3.82. The number of carboxylic acids is 2. The summed E-state index contributed by atoms with van der Waals surface area (Å²) in [6.07, 6.45) is -0.572. The van der Waals surface area contributed by atoms with Crippen molar-refractivity contribution >= 4 is 23.8 Å². The fourth-order valence-corrected chi connectivity index (χ4v) is 1.66. The molecule has 0 bridgehead atoms. The van der Waals surface area contributed by atoms with Gasteiger partial charge in [0.2, 0.25) is 11.8 Å². The summed E-state index contributed by atoms with van der Waals surface area (Å²) >= 11 is 0. The molecule has 0 aromatic heterocycles. The Morgan fingerprint density at radius 1 is 1.11 bits per heavy atom. The first-order valence-corrected chi connectivity index (χ1v) is 5.15. The Kier molecular flexibility index (Phi) is 11.1. The first-order valence-electron chi connectivity index (χ1n) is 5.15. The summed E-state index contributed by atoms with van der Waals surface area (Å²) in [4.78, 5) is 44.3. The Morgan fingerprint density at radius 2 is 1.58 bits per heavy atom. The predicted molar refractivity (Wildman–Crippen MR) is 48.7 cm³/mol. The zero-order chi connectivity index (χ0) is 13.0. The summed E-state index contributed by atoms with van der Waals surface area (Å²) in [6, 6.07) is 0. The quantitative estimate of drug-likeness (QED) is 0.353. The number of carbonyl (C=O) groups is 4. The second kappa shape index (κ2) is 9.90. The minimum Gasteiger partial charge on any atom is -0.550 e. The average molecular weight is 287 g/mol. The smallest absolute Gasteiger partial charge is 0.550 e. The summed E-state index contributed by atoms with van der Waals surface area (Å²) in [5, 5.41) is 20.9. The molecule has 1 aliphatic rings. The molecule has 1 saturated heterocycles. The van der Waals surface area contributed by atoms with Crippen LogP contribution < -0.4 is 69.3 Å². The first kappa shape index (κ1) is 21.4. The molecule has 7 nitrogen and oxygen atoms in total. The summed E-state index contributed by atoms with van der Waals surface area (Å²) in [6.45, 7) is -0.0937. The molecule has 0 N–H and O–H groups in total. The molecule has 2 amide bonds. The molecule has 1 aliphatic heterocycles. The van der Waals surface area contributed by atoms with E-state index in [9.17, 15) is 29.4 Å². The van der Waals surface area contributed by atoms with Crippen LogP contribution in [0, 0.1) is 5.92 Å². The van der Waals surface area contributed by atoms with E-state index in [0.717, 1.165) is 4.90 Å². The number of hydrogen-bond donors (Lipinski definition) is 0. The topological polar surface area (TPSA) is 118 Å². The molecular formula is C10H11NNa2O6. The van der Waals surface area contributed by atoms with E-state index in [-0.39, 0.29) is 96.7 Å². The van der Waals surface area contributed by atoms with Crippen molar-refractivity contribution in [2.75, 3.05) is 6.54 Å². The SMILES string of the molecule is O=C([O-])CC(CCN1C(=O)CCC1=O)C(=O)[O-].[Na+].[Na+]. The van der Waals surface area contributed by atoms with Crippen molar-refractivity contribution in [2.24, 2.45) is 5.92 Å². The van der Waals surface area contributed by atoms with Gasteiger partial charge in [-0.1, -0.05) is 0 Å². The summed E-state index contributed by atoms with van der Waals surface area (Å²) in [7, 11) is 0. The van der Waals surface area contributed by atoms with Gasteiger partial charge in [-0.15, -0.1) is 0 Å². The fraction of sp³-hybridized carbons (Fsp3) is 0.600. The van der Waals surface area contributed by atoms with E-state index in [1.165, 1.54) is 0 Å². The third-order valence-electron chi connectivity index (χ3n) is 2.60. The average Bonchev–Trinajstić information content (AvgIpc) is 2.53. The van der Waals surface area contributed by atoms with Gasteiger partial charge in [0.1, 0.15) is 0 Å². The number of carboxylic acid groups (broad SMARTS) is 2. The standard InChI is InChI=1S/C10H13NO6.2Na/c12-7-1-2-8(13)11(7)4-3-6(10(16)17)5-9(14)15;;/h6H,1-5H2,(H,14,15)(H,16,17);;/q;2*+1/p-2. The van der Waals surface area contributed by atoms with Gasteiger partial charge >= 0.3 is 59.1 Å². The third kappa shape index (κ3) is 6.87. The van der Waals surface area contributed by atoms with Crippen molar-refractivity contribution in [1.82, 2.24) is 4.90 Å². The van der Waals surface area contributed by atoms with Gasteiger partial charge in [-0.2, -0.15) is 0 Å². The maximum atomic E-state index is 11.2. The van der Waals surface area contributed by atoms with Crippen LogP contribution in [0.5, 0.6) is 0 Å². The van der Waals surface area contributed by atoms with Crippen LogP contribution in [0.1, 0.15) is 25.7 Å². The van der Waals surface area contributed by atoms with E-state index in [4.69, 9.17) is 0 Å². The summed E-state index contributed by atoms with van der Waals surface area (Å²) in [5.74, 6) is -4.99. The third-order valence-corrected chi connectivity index (χ3v) is 2.60. The Labute approximate surface area is 154 Å². The normalized spacial score (nSPS) is 15.5. The van der Waals surface area contributed by atoms with Gasteiger partial charge in [0.25, 0.3) is 0 Å². The molecule has 1 atom stereocenters. The Bertz CT molecular complexity index is 357. The summed E-state index contributed by atoms with van der Waals surface area (Å²) in [5.41, 5.74) is 0. The van der Waals surface area contributed by atoms with Gasteiger partial charge in [0.15, 0.2) is 0 Å². The number of rotatable bonds is 6. The van der Waals surface area contributed by atoms with Gasteiger partial charge in [-0.05, 0) is 12.8 Å². The zero-order valence-electron chi connectivity index (χ0n) is 11.0. The molecule has 9 heteroatoms. The maximum absolute atomic E-state index is 11.2. The monoisotopic (exact) mass is 287 g/mol. The summed E-state index contributed by atoms with van der Waals surface area (Å²) < 4.78 is 0. The molecule has 0 aromatic carbocycles. The van der Waals surface area contributed by atoms with E-state index >= 15 is 0 Å². The second-order valence-corrected chi connectivity index (χ2v) is 3.82. The number of hydrogen-bond acceptors (Lipinski definition) is 6. The Balaban J connectivity index is 0. The largest absolute Gasteiger partial charge is 1.00 e. The van der Waals surface area contributed by atoms with E-state index in [1.54, 1.807) is 0 Å². The van der Waals surface area contributed by atoms with Crippen molar-refractivity contribution in [3.63, 3.8) is 0 Å². The molecule has 94 valence electrons. The Hall–Kier alpha value is 0.0800. The first-order chi connectivity index (χ1) is 7.91. The molecule has 0 saturated carbocycles. The fourth-order valence-electron chi connectivity index (χ4n) is 1.66. The van der Waals surface area contributed by atoms with Crippen molar-refractivity contribution in [1.29, 1.82) is 0 Å². The predicted octanol–water partition coefficient (Wildman–Crippen LogP) is -8.96. The maximum Gasteiger partial charge on any atom is 1.00 e. The van der Waals surface area contributed by atoms with Gasteiger partial charge < -0.3 is 19.8 Å². The van der Waals surface area contributed by atoms with E-state index in [2.05, 4.69) is 0 Å². The number of nitrogens with zero attached hydrogens (tertiary/aromatic N) is 1. The molecule has 0 aliphatic carbocycles. The minimum absolute atomic E-state index is 0. The molecule has 19 heavy (non-hydrogen) atoms. The van der Waals surface area contributed by atoms with Crippen molar-refractivity contribution in [3.8, 4) is 0 Å². The number of amides is 2. The molecule has 0 spiro atoms. The van der Waals surface area contributed by atoms with Crippen molar-refractivity contribution in [3.05, 3.63) is 0 Å². The van der Waals surface area contributed by atoms with Gasteiger partial charge in [-0.25, -0.2) is 0 Å². The van der Waals surface area contributed by atoms with Crippen molar-refractivity contribution in [2.45, 2.75) is 25.7 Å². The van der Waals surface area contributed by atoms with Gasteiger partial charge in [0, 0.05) is 37.2 Å². The van der Waals surface area contributed by atoms with Crippen LogP contribution in [0.15, 0.2) is 0 Å². The molecule has 1 unspecified atom stereocenters. The van der Waals surface area contributed by atoms with Crippen molar-refractivity contribution < 1.29 is 88.5 Å².